The van der Waals surface area contributed by atoms with Crippen LogP contribution in [0.4, 0.5) is 16.2 Å². The van der Waals surface area contributed by atoms with Crippen LogP contribution in [0.25, 0.3) is 0 Å². The van der Waals surface area contributed by atoms with Crippen LogP contribution in [0.2, 0.25) is 0 Å². The summed E-state index contributed by atoms with van der Waals surface area (Å²) < 4.78 is 5.67. The lowest BCUT2D eigenvalue weighted by atomic mass is 9.84. The van der Waals surface area contributed by atoms with Crippen molar-refractivity contribution < 1.29 is 24.1 Å². The zero-order valence-electron chi connectivity index (χ0n) is 16.4. The molecule has 0 spiro atoms. The van der Waals surface area contributed by atoms with Crippen LogP contribution in [0.5, 0.6) is 0 Å². The molecule has 8 nitrogen and oxygen atoms in total. The first-order chi connectivity index (χ1) is 12.3. The molecule has 0 unspecified atom stereocenters. The Balaban J connectivity index is 3.31. The first-order valence-electron chi connectivity index (χ1n) is 8.44. The van der Waals surface area contributed by atoms with Crippen molar-refractivity contribution in [3.8, 4) is 0 Å². The summed E-state index contributed by atoms with van der Waals surface area (Å²) in [5, 5.41) is 12.0. The summed E-state index contributed by atoms with van der Waals surface area (Å²) in [4.78, 5) is 40.4. The fourth-order valence-electron chi connectivity index (χ4n) is 2.79. The molecule has 0 aliphatic heterocycles. The van der Waals surface area contributed by atoms with Crippen LogP contribution in [-0.2, 0) is 14.4 Å². The quantitative estimate of drug-likeness (QED) is 0.446. The van der Waals surface area contributed by atoms with E-state index in [1.165, 1.54) is 18.2 Å². The minimum Gasteiger partial charge on any atom is -0.441 e. The molecule has 0 bridgehead atoms. The van der Waals surface area contributed by atoms with Crippen LogP contribution in [-0.4, -0.2) is 22.6 Å². The molecule has 1 rings (SSSR count). The zero-order valence-corrected chi connectivity index (χ0v) is 18.0. The molecular formula is C18H25BrN2O6. The van der Waals surface area contributed by atoms with Gasteiger partial charge in [0.1, 0.15) is 5.60 Å². The lowest BCUT2D eigenvalue weighted by Crippen LogP contribution is -2.41. The molecule has 0 aromatic heterocycles. The van der Waals surface area contributed by atoms with Crippen LogP contribution < -0.4 is 5.06 Å². The van der Waals surface area contributed by atoms with E-state index in [4.69, 9.17) is 9.57 Å². The smallest absolute Gasteiger partial charge is 0.441 e. The molecule has 0 fully saturated rings. The van der Waals surface area contributed by atoms with Crippen molar-refractivity contribution in [3.05, 3.63) is 32.8 Å². The summed E-state index contributed by atoms with van der Waals surface area (Å²) in [6.07, 6.45) is -0.494. The van der Waals surface area contributed by atoms with E-state index in [-0.39, 0.29) is 22.0 Å². The third-order valence-corrected chi connectivity index (χ3v) is 3.97. The number of para-hydroxylation sites is 1. The van der Waals surface area contributed by atoms with E-state index in [9.17, 15) is 19.7 Å². The Morgan fingerprint density at radius 1 is 1.22 bits per heavy atom. The van der Waals surface area contributed by atoms with Gasteiger partial charge in [0.05, 0.1) is 9.40 Å². The van der Waals surface area contributed by atoms with Gasteiger partial charge in [-0.25, -0.2) is 9.59 Å². The maximum absolute atomic E-state index is 12.8. The topological polar surface area (TPSA) is 99.0 Å². The lowest BCUT2D eigenvalue weighted by molar-refractivity contribution is -0.385. The van der Waals surface area contributed by atoms with Gasteiger partial charge in [-0.15, -0.1) is 0 Å². The number of nitro groups is 1. The largest absolute Gasteiger partial charge is 0.449 e. The van der Waals surface area contributed by atoms with E-state index in [1.54, 1.807) is 20.8 Å². The van der Waals surface area contributed by atoms with E-state index >= 15 is 0 Å². The van der Waals surface area contributed by atoms with Gasteiger partial charge >= 0.3 is 17.7 Å². The average molecular weight is 445 g/mol. The number of halogens is 1. The van der Waals surface area contributed by atoms with Crippen molar-refractivity contribution in [2.45, 2.75) is 60.0 Å². The van der Waals surface area contributed by atoms with Gasteiger partial charge in [0, 0.05) is 6.42 Å². The first-order valence-corrected chi connectivity index (χ1v) is 9.23. The number of ether oxygens (including phenoxy) is 1. The molecule has 0 atom stereocenters. The molecule has 0 saturated heterocycles. The summed E-state index contributed by atoms with van der Waals surface area (Å²) in [6, 6.07) is 4.26. The highest BCUT2D eigenvalue weighted by Crippen LogP contribution is 2.37. The predicted octanol–water partition coefficient (Wildman–Crippen LogP) is 5.38. The second-order valence-electron chi connectivity index (χ2n) is 7.84. The first kappa shape index (κ1) is 22.9. The molecule has 1 aromatic rings. The number of nitro benzene ring substituents is 1. The summed E-state index contributed by atoms with van der Waals surface area (Å²) in [6.45, 7) is 11.0. The standard InChI is InChI=1S/C18H25BrN2O6/c1-7-14(22)27-20(13-10-8-9-12(19)15(13)21(24)25)16(23)26-18(5,6)11-17(2,3)4/h8-10H,7,11H2,1-6H3. The van der Waals surface area contributed by atoms with Crippen LogP contribution in [0.15, 0.2) is 22.7 Å². The Kier molecular flexibility index (Phi) is 7.36. The van der Waals surface area contributed by atoms with Crippen molar-refractivity contribution in [2.75, 3.05) is 5.06 Å². The van der Waals surface area contributed by atoms with Gasteiger partial charge in [0.2, 0.25) is 0 Å². The second kappa shape index (κ2) is 8.69. The number of carbonyl (C=O) groups excluding carboxylic acids is 2. The van der Waals surface area contributed by atoms with Crippen molar-refractivity contribution in [3.63, 3.8) is 0 Å². The number of carbonyl (C=O) groups is 2. The highest BCUT2D eigenvalue weighted by molar-refractivity contribution is 9.10. The van der Waals surface area contributed by atoms with Crippen molar-refractivity contribution in [1.29, 1.82) is 0 Å². The molecule has 0 saturated carbocycles. The summed E-state index contributed by atoms with van der Waals surface area (Å²) in [5.41, 5.74) is -1.62. The zero-order chi connectivity index (χ0) is 21.0. The van der Waals surface area contributed by atoms with Crippen LogP contribution in [0, 0.1) is 15.5 Å². The van der Waals surface area contributed by atoms with Gasteiger partial charge in [0.15, 0.2) is 5.69 Å². The molecule has 0 N–H and O–H groups in total. The highest BCUT2D eigenvalue weighted by Gasteiger charge is 2.36. The maximum atomic E-state index is 12.8. The van der Waals surface area contributed by atoms with Gasteiger partial charge in [0.25, 0.3) is 0 Å². The minimum absolute atomic E-state index is 0.0169. The molecule has 9 heteroatoms. The second-order valence-corrected chi connectivity index (χ2v) is 8.70. The number of benzene rings is 1. The summed E-state index contributed by atoms with van der Waals surface area (Å²) in [7, 11) is 0. The van der Waals surface area contributed by atoms with Crippen molar-refractivity contribution in [2.24, 2.45) is 5.41 Å². The van der Waals surface area contributed by atoms with Gasteiger partial charge in [-0.05, 0) is 53.7 Å². The third kappa shape index (κ3) is 6.82. The van der Waals surface area contributed by atoms with E-state index < -0.39 is 28.3 Å². The van der Waals surface area contributed by atoms with Gasteiger partial charge in [-0.1, -0.05) is 38.8 Å². The molecule has 0 aliphatic carbocycles. The Bertz CT molecular complexity index is 727. The van der Waals surface area contributed by atoms with Gasteiger partial charge in [-0.2, -0.15) is 0 Å². The summed E-state index contributed by atoms with van der Waals surface area (Å²) >= 11 is 3.09. The van der Waals surface area contributed by atoms with Crippen LogP contribution in [0.3, 0.4) is 0 Å². The SMILES string of the molecule is CCC(=O)ON(C(=O)OC(C)(C)CC(C)(C)C)c1cccc(Br)c1[N+](=O)[O-]. The molecule has 0 aliphatic rings. The van der Waals surface area contributed by atoms with E-state index in [1.807, 2.05) is 20.8 Å². The molecule has 1 amide bonds. The third-order valence-electron chi connectivity index (χ3n) is 3.33. The number of rotatable bonds is 5. The van der Waals surface area contributed by atoms with Crippen molar-refractivity contribution >= 4 is 39.4 Å². The maximum Gasteiger partial charge on any atom is 0.449 e. The molecular weight excluding hydrogens is 420 g/mol. The van der Waals surface area contributed by atoms with Gasteiger partial charge < -0.3 is 9.57 Å². The van der Waals surface area contributed by atoms with E-state index in [0.717, 1.165) is 0 Å². The predicted molar refractivity (Wildman–Crippen MR) is 104 cm³/mol. The van der Waals surface area contributed by atoms with Gasteiger partial charge in [-0.3, -0.25) is 10.1 Å². The number of hydrogen-bond acceptors (Lipinski definition) is 6. The Morgan fingerprint density at radius 2 is 1.81 bits per heavy atom. The molecule has 0 heterocycles. The normalized spacial score (nSPS) is 11.7. The fraction of sp³-hybridized carbons (Fsp3) is 0.556. The molecule has 150 valence electrons. The number of hydroxylamine groups is 1. The number of nitrogens with zero attached hydrogens (tertiary/aromatic N) is 2. The number of hydrogen-bond donors (Lipinski definition) is 0. The molecule has 0 radical (unpaired) electrons. The summed E-state index contributed by atoms with van der Waals surface area (Å²) in [5.74, 6) is -0.727. The monoisotopic (exact) mass is 444 g/mol. The molecule has 1 aromatic carbocycles. The highest BCUT2D eigenvalue weighted by atomic mass is 79.9. The van der Waals surface area contributed by atoms with Crippen molar-refractivity contribution in [1.82, 2.24) is 0 Å². The Labute approximate surface area is 167 Å². The molecule has 27 heavy (non-hydrogen) atoms. The minimum atomic E-state index is -1.01. The van der Waals surface area contributed by atoms with Crippen LogP contribution in [0.1, 0.15) is 54.4 Å². The average Bonchev–Trinajstić information content (AvgIpc) is 2.48. The Hall–Kier alpha value is -2.16. The number of amides is 1. The van der Waals surface area contributed by atoms with E-state index in [0.29, 0.717) is 11.5 Å². The van der Waals surface area contributed by atoms with E-state index in [2.05, 4.69) is 15.9 Å². The number of anilines is 1. The fourth-order valence-corrected chi connectivity index (χ4v) is 3.29. The lowest BCUT2D eigenvalue weighted by Gasteiger charge is -2.33. The Morgan fingerprint density at radius 3 is 2.30 bits per heavy atom. The van der Waals surface area contributed by atoms with Crippen LogP contribution >= 0.6 is 15.9 Å².